The van der Waals surface area contributed by atoms with Gasteiger partial charge >= 0.3 is 5.97 Å². The largest absolute Gasteiger partial charge is 0.481 e. The molecule has 0 spiro atoms. The van der Waals surface area contributed by atoms with Crippen LogP contribution in [0, 0.1) is 5.92 Å². The summed E-state index contributed by atoms with van der Waals surface area (Å²) in [5.74, 6) is -1.82. The van der Waals surface area contributed by atoms with Gasteiger partial charge in [-0.25, -0.2) is 0 Å². The Morgan fingerprint density at radius 3 is 2.61 bits per heavy atom. The monoisotopic (exact) mass is 249 g/mol. The fraction of sp³-hybridized carbons (Fsp3) is 0.385. The quantitative estimate of drug-likeness (QED) is 0.821. The third-order valence-electron chi connectivity index (χ3n) is 3.14. The first-order valence-electron chi connectivity index (χ1n) is 5.81. The molecule has 5 nitrogen and oxygen atoms in total. The van der Waals surface area contributed by atoms with E-state index < -0.39 is 18.0 Å². The highest BCUT2D eigenvalue weighted by Crippen LogP contribution is 2.21. The molecule has 1 heterocycles. The smallest absolute Gasteiger partial charge is 0.308 e. The Labute approximate surface area is 105 Å². The van der Waals surface area contributed by atoms with Crippen LogP contribution in [0.1, 0.15) is 18.1 Å². The standard InChI is InChI=1S/C13H15NO4/c15-11(9-4-2-1-3-5-9)8-14-7-10(13(17)18)6-12(14)16/h1-5,10-11,15H,6-8H2,(H,17,18)/t10?,11-/m1/s1. The summed E-state index contributed by atoms with van der Waals surface area (Å²) in [5.41, 5.74) is 0.726. The van der Waals surface area contributed by atoms with Crippen LogP contribution in [-0.2, 0) is 9.59 Å². The number of carboxylic acid groups (broad SMARTS) is 1. The van der Waals surface area contributed by atoms with Gasteiger partial charge in [0.1, 0.15) is 0 Å². The highest BCUT2D eigenvalue weighted by Gasteiger charge is 2.35. The number of β-amino-alcohol motifs (C(OH)–C–C–N with tert-alkyl or cyclic N) is 1. The minimum atomic E-state index is -0.958. The van der Waals surface area contributed by atoms with Crippen LogP contribution in [0.25, 0.3) is 0 Å². The van der Waals surface area contributed by atoms with Crippen molar-refractivity contribution in [3.63, 3.8) is 0 Å². The minimum absolute atomic E-state index is 0.0246. The SMILES string of the molecule is O=C(O)C1CC(=O)N(C[C@@H](O)c2ccccc2)C1. The molecule has 0 aliphatic carbocycles. The van der Waals surface area contributed by atoms with E-state index in [4.69, 9.17) is 5.11 Å². The summed E-state index contributed by atoms with van der Waals surface area (Å²) < 4.78 is 0. The van der Waals surface area contributed by atoms with Crippen LogP contribution in [0.15, 0.2) is 30.3 Å². The van der Waals surface area contributed by atoms with E-state index in [0.29, 0.717) is 0 Å². The Morgan fingerprint density at radius 2 is 2.06 bits per heavy atom. The molecule has 0 radical (unpaired) electrons. The molecule has 18 heavy (non-hydrogen) atoms. The average Bonchev–Trinajstić information content (AvgIpc) is 2.72. The lowest BCUT2D eigenvalue weighted by Gasteiger charge is -2.20. The number of hydrogen-bond donors (Lipinski definition) is 2. The minimum Gasteiger partial charge on any atom is -0.481 e. The highest BCUT2D eigenvalue weighted by molar-refractivity contribution is 5.86. The van der Waals surface area contributed by atoms with Crippen LogP contribution in [0.5, 0.6) is 0 Å². The van der Waals surface area contributed by atoms with E-state index in [9.17, 15) is 14.7 Å². The number of aliphatic hydroxyl groups excluding tert-OH is 1. The fourth-order valence-corrected chi connectivity index (χ4v) is 2.10. The summed E-state index contributed by atoms with van der Waals surface area (Å²) >= 11 is 0. The van der Waals surface area contributed by atoms with Crippen molar-refractivity contribution >= 4 is 11.9 Å². The fourth-order valence-electron chi connectivity index (χ4n) is 2.10. The molecule has 96 valence electrons. The number of likely N-dealkylation sites (tertiary alicyclic amines) is 1. The van der Waals surface area contributed by atoms with Crippen LogP contribution in [0.3, 0.4) is 0 Å². The average molecular weight is 249 g/mol. The number of amides is 1. The van der Waals surface area contributed by atoms with Crippen molar-refractivity contribution in [1.29, 1.82) is 0 Å². The molecule has 0 saturated carbocycles. The van der Waals surface area contributed by atoms with Crippen LogP contribution in [-0.4, -0.2) is 40.1 Å². The van der Waals surface area contributed by atoms with E-state index in [2.05, 4.69) is 0 Å². The van der Waals surface area contributed by atoms with E-state index in [1.54, 1.807) is 12.1 Å². The van der Waals surface area contributed by atoms with Crippen molar-refractivity contribution in [1.82, 2.24) is 4.90 Å². The van der Waals surface area contributed by atoms with Crippen LogP contribution in [0.4, 0.5) is 0 Å². The van der Waals surface area contributed by atoms with Crippen molar-refractivity contribution in [2.75, 3.05) is 13.1 Å². The molecular weight excluding hydrogens is 234 g/mol. The van der Waals surface area contributed by atoms with E-state index in [1.165, 1.54) is 4.90 Å². The van der Waals surface area contributed by atoms with Crippen LogP contribution >= 0.6 is 0 Å². The van der Waals surface area contributed by atoms with Crippen molar-refractivity contribution in [3.8, 4) is 0 Å². The summed E-state index contributed by atoms with van der Waals surface area (Å²) in [7, 11) is 0. The third kappa shape index (κ3) is 2.68. The molecule has 1 aromatic rings. The first-order chi connectivity index (χ1) is 8.58. The van der Waals surface area contributed by atoms with Gasteiger partial charge in [-0.3, -0.25) is 9.59 Å². The van der Waals surface area contributed by atoms with Crippen molar-refractivity contribution in [3.05, 3.63) is 35.9 Å². The van der Waals surface area contributed by atoms with Gasteiger partial charge in [0.25, 0.3) is 0 Å². The number of nitrogens with zero attached hydrogens (tertiary/aromatic N) is 1. The molecule has 1 unspecified atom stereocenters. The second-order valence-corrected chi connectivity index (χ2v) is 4.46. The zero-order valence-electron chi connectivity index (χ0n) is 9.82. The summed E-state index contributed by atoms with van der Waals surface area (Å²) in [6.45, 7) is 0.324. The molecule has 0 bridgehead atoms. The van der Waals surface area contributed by atoms with Gasteiger partial charge in [0, 0.05) is 13.0 Å². The lowest BCUT2D eigenvalue weighted by molar-refractivity contribution is -0.141. The number of carbonyl (C=O) groups excluding carboxylic acids is 1. The van der Waals surface area contributed by atoms with Crippen molar-refractivity contribution < 1.29 is 19.8 Å². The van der Waals surface area contributed by atoms with Gasteiger partial charge in [0.2, 0.25) is 5.91 Å². The number of carbonyl (C=O) groups is 2. The van der Waals surface area contributed by atoms with E-state index >= 15 is 0 Å². The van der Waals surface area contributed by atoms with Crippen LogP contribution < -0.4 is 0 Å². The maximum atomic E-state index is 11.6. The van der Waals surface area contributed by atoms with Crippen molar-refractivity contribution in [2.45, 2.75) is 12.5 Å². The molecule has 1 aromatic carbocycles. The summed E-state index contributed by atoms with van der Waals surface area (Å²) in [6.07, 6.45) is -0.751. The predicted octanol–water partition coefficient (Wildman–Crippen LogP) is 0.653. The van der Waals surface area contributed by atoms with Gasteiger partial charge in [-0.2, -0.15) is 0 Å². The normalized spacial score (nSPS) is 21.1. The molecule has 2 N–H and O–H groups in total. The Balaban J connectivity index is 1.98. The Morgan fingerprint density at radius 1 is 1.39 bits per heavy atom. The third-order valence-corrected chi connectivity index (χ3v) is 3.14. The first kappa shape index (κ1) is 12.6. The summed E-state index contributed by atoms with van der Waals surface area (Å²) in [4.78, 5) is 23.8. The van der Waals surface area contributed by atoms with Gasteiger partial charge in [-0.15, -0.1) is 0 Å². The van der Waals surface area contributed by atoms with Gasteiger partial charge in [0.05, 0.1) is 18.6 Å². The second-order valence-electron chi connectivity index (χ2n) is 4.46. The zero-order chi connectivity index (χ0) is 13.1. The summed E-state index contributed by atoms with van der Waals surface area (Å²) in [5, 5.41) is 18.8. The molecule has 2 atom stereocenters. The summed E-state index contributed by atoms with van der Waals surface area (Å²) in [6, 6.07) is 9.02. The number of aliphatic carboxylic acids is 1. The van der Waals surface area contributed by atoms with Crippen molar-refractivity contribution in [2.24, 2.45) is 5.92 Å². The number of rotatable bonds is 4. The molecule has 1 fully saturated rings. The maximum Gasteiger partial charge on any atom is 0.308 e. The lowest BCUT2D eigenvalue weighted by atomic mass is 10.1. The molecule has 2 rings (SSSR count). The Kier molecular flexibility index (Phi) is 3.62. The predicted molar refractivity (Wildman–Crippen MR) is 63.7 cm³/mol. The molecule has 1 aliphatic heterocycles. The van der Waals surface area contributed by atoms with E-state index in [-0.39, 0.29) is 25.4 Å². The van der Waals surface area contributed by atoms with Crippen LogP contribution in [0.2, 0.25) is 0 Å². The number of hydrogen-bond acceptors (Lipinski definition) is 3. The molecular formula is C13H15NO4. The number of carboxylic acids is 1. The molecule has 5 heteroatoms. The molecule has 1 saturated heterocycles. The van der Waals surface area contributed by atoms with Gasteiger partial charge < -0.3 is 15.1 Å². The zero-order valence-corrected chi connectivity index (χ0v) is 9.82. The maximum absolute atomic E-state index is 11.6. The molecule has 1 amide bonds. The van der Waals surface area contributed by atoms with Gasteiger partial charge in [-0.1, -0.05) is 30.3 Å². The van der Waals surface area contributed by atoms with E-state index in [0.717, 1.165) is 5.56 Å². The van der Waals surface area contributed by atoms with Gasteiger partial charge in [-0.05, 0) is 5.56 Å². The topological polar surface area (TPSA) is 77.8 Å². The molecule has 1 aliphatic rings. The molecule has 0 aromatic heterocycles. The Bertz CT molecular complexity index is 446. The van der Waals surface area contributed by atoms with E-state index in [1.807, 2.05) is 18.2 Å². The highest BCUT2D eigenvalue weighted by atomic mass is 16.4. The Hall–Kier alpha value is -1.88. The first-order valence-corrected chi connectivity index (χ1v) is 5.81. The van der Waals surface area contributed by atoms with Gasteiger partial charge in [0.15, 0.2) is 0 Å². The number of aliphatic hydroxyl groups is 1. The number of benzene rings is 1. The second kappa shape index (κ2) is 5.18. The lowest BCUT2D eigenvalue weighted by Crippen LogP contribution is -2.30.